The van der Waals surface area contributed by atoms with Crippen molar-refractivity contribution in [3.8, 4) is 11.1 Å². The summed E-state index contributed by atoms with van der Waals surface area (Å²) in [6, 6.07) is 19.5. The lowest BCUT2D eigenvalue weighted by atomic mass is 9.91. The molecule has 3 aromatic carbocycles. The van der Waals surface area contributed by atoms with E-state index < -0.39 is 29.9 Å². The molecule has 180 valence electrons. The zero-order valence-electron chi connectivity index (χ0n) is 19.1. The summed E-state index contributed by atoms with van der Waals surface area (Å²) >= 11 is 0. The number of benzene rings is 3. The summed E-state index contributed by atoms with van der Waals surface area (Å²) in [7, 11) is 0. The Hall–Kier alpha value is -3.16. The maximum Gasteiger partial charge on any atom is 0.416 e. The molecule has 0 aliphatic rings. The van der Waals surface area contributed by atoms with Crippen molar-refractivity contribution in [2.45, 2.75) is 44.9 Å². The average Bonchev–Trinajstić information content (AvgIpc) is 2.81. The summed E-state index contributed by atoms with van der Waals surface area (Å²) in [4.78, 5) is 11.4. The number of halogens is 3. The van der Waals surface area contributed by atoms with Gasteiger partial charge in [-0.3, -0.25) is 10.1 Å². The summed E-state index contributed by atoms with van der Waals surface area (Å²) in [5.74, 6) is -1.24. The average molecular weight is 472 g/mol. The highest BCUT2D eigenvalue weighted by atomic mass is 19.4. The first kappa shape index (κ1) is 25.5. The van der Waals surface area contributed by atoms with Crippen molar-refractivity contribution in [2.75, 3.05) is 6.61 Å². The number of carboxylic acid groups (broad SMARTS) is 1. The van der Waals surface area contributed by atoms with Crippen LogP contribution in [0.25, 0.3) is 11.1 Å². The molecule has 0 aliphatic heterocycles. The molecule has 0 aromatic heterocycles. The Balaban J connectivity index is 1.86. The van der Waals surface area contributed by atoms with Gasteiger partial charge >= 0.3 is 12.1 Å². The predicted octanol–water partition coefficient (Wildman–Crippen LogP) is 5.39. The minimum absolute atomic E-state index is 0.0109. The predicted molar refractivity (Wildman–Crippen MR) is 125 cm³/mol. The fourth-order valence-electron chi connectivity index (χ4n) is 3.89. The van der Waals surface area contributed by atoms with Crippen LogP contribution in [0.2, 0.25) is 0 Å². The molecular formula is C27H28F3NO3. The van der Waals surface area contributed by atoms with Gasteiger partial charge in [-0.05, 0) is 66.1 Å². The van der Waals surface area contributed by atoms with Crippen molar-refractivity contribution in [1.29, 1.82) is 0 Å². The molecule has 0 spiro atoms. The number of hydrogen-bond donors (Lipinski definition) is 3. The summed E-state index contributed by atoms with van der Waals surface area (Å²) in [6.45, 7) is 2.66. The lowest BCUT2D eigenvalue weighted by Crippen LogP contribution is -2.52. The Morgan fingerprint density at radius 2 is 1.62 bits per heavy atom. The zero-order valence-corrected chi connectivity index (χ0v) is 19.1. The Kier molecular flexibility index (Phi) is 7.79. The van der Waals surface area contributed by atoms with Crippen LogP contribution in [0.4, 0.5) is 13.2 Å². The largest absolute Gasteiger partial charge is 0.480 e. The van der Waals surface area contributed by atoms with Crippen molar-refractivity contribution < 1.29 is 28.2 Å². The number of aryl methyl sites for hydroxylation is 2. The Bertz CT molecular complexity index is 1150. The van der Waals surface area contributed by atoms with E-state index in [2.05, 4.69) is 5.32 Å². The Labute approximate surface area is 197 Å². The van der Waals surface area contributed by atoms with E-state index in [9.17, 15) is 28.2 Å². The molecule has 3 rings (SSSR count). The summed E-state index contributed by atoms with van der Waals surface area (Å²) in [6.07, 6.45) is -3.89. The van der Waals surface area contributed by atoms with Crippen molar-refractivity contribution in [1.82, 2.24) is 5.32 Å². The molecule has 1 unspecified atom stereocenters. The second-order valence-corrected chi connectivity index (χ2v) is 8.59. The molecule has 0 saturated carbocycles. The molecule has 0 amide bonds. The Morgan fingerprint density at radius 3 is 2.24 bits per heavy atom. The molecule has 34 heavy (non-hydrogen) atoms. The molecule has 4 nitrogen and oxygen atoms in total. The zero-order chi connectivity index (χ0) is 24.9. The number of rotatable bonds is 9. The van der Waals surface area contributed by atoms with Gasteiger partial charge in [0.1, 0.15) is 5.54 Å². The van der Waals surface area contributed by atoms with Crippen LogP contribution in [0.15, 0.2) is 66.7 Å². The monoisotopic (exact) mass is 471 g/mol. The van der Waals surface area contributed by atoms with Crippen LogP contribution in [0.1, 0.15) is 34.7 Å². The third-order valence-electron chi connectivity index (χ3n) is 6.14. The molecule has 0 bridgehead atoms. The van der Waals surface area contributed by atoms with Crippen molar-refractivity contribution in [2.24, 2.45) is 0 Å². The van der Waals surface area contributed by atoms with Crippen LogP contribution in [0, 0.1) is 6.92 Å². The number of aliphatic carboxylic acids is 1. The van der Waals surface area contributed by atoms with Gasteiger partial charge < -0.3 is 10.2 Å². The molecule has 7 heteroatoms. The van der Waals surface area contributed by atoms with Crippen LogP contribution in [-0.2, 0) is 30.4 Å². The molecule has 0 saturated heterocycles. The molecule has 1 atom stereocenters. The second kappa shape index (κ2) is 10.4. The Morgan fingerprint density at radius 1 is 0.941 bits per heavy atom. The van der Waals surface area contributed by atoms with E-state index in [-0.39, 0.29) is 18.5 Å². The fraction of sp³-hybridized carbons (Fsp3) is 0.296. The van der Waals surface area contributed by atoms with Gasteiger partial charge in [-0.25, -0.2) is 0 Å². The van der Waals surface area contributed by atoms with Gasteiger partial charge in [0.05, 0.1) is 12.2 Å². The van der Waals surface area contributed by atoms with Crippen LogP contribution >= 0.6 is 0 Å². The minimum atomic E-state index is -4.50. The van der Waals surface area contributed by atoms with E-state index in [0.717, 1.165) is 28.3 Å². The number of alkyl halides is 3. The summed E-state index contributed by atoms with van der Waals surface area (Å²) in [5.41, 5.74) is 2.47. The third-order valence-corrected chi connectivity index (χ3v) is 6.14. The molecule has 0 radical (unpaired) electrons. The highest BCUT2D eigenvalue weighted by molar-refractivity contribution is 5.78. The second-order valence-electron chi connectivity index (χ2n) is 8.59. The lowest BCUT2D eigenvalue weighted by Gasteiger charge is -2.24. The van der Waals surface area contributed by atoms with Crippen LogP contribution in [0.5, 0.6) is 0 Å². The maximum absolute atomic E-state index is 13.7. The van der Waals surface area contributed by atoms with E-state index in [4.69, 9.17) is 0 Å². The molecule has 0 fully saturated rings. The van der Waals surface area contributed by atoms with Gasteiger partial charge in [0.2, 0.25) is 0 Å². The van der Waals surface area contributed by atoms with Gasteiger partial charge in [-0.15, -0.1) is 0 Å². The van der Waals surface area contributed by atoms with Gasteiger partial charge in [0.15, 0.2) is 0 Å². The van der Waals surface area contributed by atoms with Gasteiger partial charge in [-0.2, -0.15) is 13.2 Å². The quantitative estimate of drug-likeness (QED) is 0.391. The normalized spacial score (nSPS) is 13.5. The van der Waals surface area contributed by atoms with Gasteiger partial charge in [-0.1, -0.05) is 60.7 Å². The number of aliphatic hydroxyl groups excluding tert-OH is 1. The number of nitrogens with one attached hydrogen (secondary N) is 1. The highest BCUT2D eigenvalue weighted by Crippen LogP contribution is 2.34. The number of hydrogen-bond acceptors (Lipinski definition) is 3. The first-order valence-electron chi connectivity index (χ1n) is 11.0. The number of aliphatic hydroxyl groups is 1. The molecule has 3 aromatic rings. The standard InChI is InChI=1S/C27H28F3NO3/c1-18-20(9-6-10-23(18)21-7-4-3-5-8-21)12-13-22-15-19(11-14-24(22)27(28,29)30)16-31-26(2,17-32)25(33)34/h3-11,14-15,31-32H,12-13,16-17H2,1-2H3,(H,33,34). The van der Waals surface area contributed by atoms with Crippen LogP contribution in [-0.4, -0.2) is 28.3 Å². The van der Waals surface area contributed by atoms with Crippen LogP contribution in [0.3, 0.4) is 0 Å². The van der Waals surface area contributed by atoms with Crippen molar-refractivity contribution in [3.05, 3.63) is 94.5 Å². The van der Waals surface area contributed by atoms with Crippen LogP contribution < -0.4 is 5.32 Å². The maximum atomic E-state index is 13.7. The minimum Gasteiger partial charge on any atom is -0.480 e. The molecule has 3 N–H and O–H groups in total. The fourth-order valence-corrected chi connectivity index (χ4v) is 3.89. The highest BCUT2D eigenvalue weighted by Gasteiger charge is 2.34. The molecule has 0 heterocycles. The first-order chi connectivity index (χ1) is 16.0. The molecular weight excluding hydrogens is 443 g/mol. The van der Waals surface area contributed by atoms with Crippen molar-refractivity contribution >= 4 is 5.97 Å². The smallest absolute Gasteiger partial charge is 0.416 e. The summed E-state index contributed by atoms with van der Waals surface area (Å²) < 4.78 is 41.0. The number of carboxylic acids is 1. The summed E-state index contributed by atoms with van der Waals surface area (Å²) in [5, 5.41) is 21.4. The van der Waals surface area contributed by atoms with Gasteiger partial charge in [0.25, 0.3) is 0 Å². The van der Waals surface area contributed by atoms with E-state index in [0.29, 0.717) is 12.0 Å². The number of carbonyl (C=O) groups is 1. The van der Waals surface area contributed by atoms with E-state index >= 15 is 0 Å². The lowest BCUT2D eigenvalue weighted by molar-refractivity contribution is -0.146. The molecule has 0 aliphatic carbocycles. The van der Waals surface area contributed by atoms with E-state index in [1.807, 2.05) is 55.5 Å². The van der Waals surface area contributed by atoms with Crippen molar-refractivity contribution in [3.63, 3.8) is 0 Å². The van der Waals surface area contributed by atoms with Gasteiger partial charge in [0, 0.05) is 6.54 Å². The SMILES string of the molecule is Cc1c(CCc2cc(CNC(C)(CO)C(=O)O)ccc2C(F)(F)F)cccc1-c1ccccc1. The third kappa shape index (κ3) is 5.85. The first-order valence-corrected chi connectivity index (χ1v) is 11.0. The van der Waals surface area contributed by atoms with E-state index in [1.54, 1.807) is 0 Å². The topological polar surface area (TPSA) is 69.6 Å². The van der Waals surface area contributed by atoms with E-state index in [1.165, 1.54) is 19.1 Å².